The molecule has 0 bridgehead atoms. The molecule has 1 atom stereocenters. The zero-order valence-corrected chi connectivity index (χ0v) is 10.1. The molecule has 0 aliphatic carbocycles. The van der Waals surface area contributed by atoms with Crippen LogP contribution < -0.4 is 10.1 Å². The molecule has 1 amide bonds. The minimum Gasteiger partial charge on any atom is -0.482 e. The molecule has 6 heteroatoms. The van der Waals surface area contributed by atoms with Crippen LogP contribution in [0.5, 0.6) is 5.75 Å². The van der Waals surface area contributed by atoms with Crippen LogP contribution in [0.4, 0.5) is 5.69 Å². The molecule has 0 fully saturated rings. The van der Waals surface area contributed by atoms with Gasteiger partial charge < -0.3 is 15.2 Å². The number of benzene rings is 1. The molecule has 6 nitrogen and oxygen atoms in total. The molecule has 18 heavy (non-hydrogen) atoms. The van der Waals surface area contributed by atoms with Crippen LogP contribution >= 0.6 is 0 Å². The first-order chi connectivity index (χ1) is 8.49. The van der Waals surface area contributed by atoms with Gasteiger partial charge in [-0.3, -0.25) is 14.5 Å². The lowest BCUT2D eigenvalue weighted by atomic mass is 10.0. The van der Waals surface area contributed by atoms with Gasteiger partial charge in [0.05, 0.1) is 5.69 Å². The SMILES string of the molecule is CN(C)C(C(=O)O)c1ccc2c(c1)NC(=O)CO2. The maximum absolute atomic E-state index is 11.2. The largest absolute Gasteiger partial charge is 0.482 e. The van der Waals surface area contributed by atoms with Gasteiger partial charge in [-0.2, -0.15) is 0 Å². The first-order valence-electron chi connectivity index (χ1n) is 5.45. The fourth-order valence-electron chi connectivity index (χ4n) is 1.93. The Bertz CT molecular complexity index is 499. The van der Waals surface area contributed by atoms with Crippen LogP contribution in [-0.4, -0.2) is 42.6 Å². The molecule has 1 aromatic carbocycles. The predicted octanol–water partition coefficient (Wildman–Crippen LogP) is 0.705. The Morgan fingerprint density at radius 2 is 2.22 bits per heavy atom. The van der Waals surface area contributed by atoms with Gasteiger partial charge in [-0.15, -0.1) is 0 Å². The van der Waals surface area contributed by atoms with E-state index < -0.39 is 12.0 Å². The zero-order chi connectivity index (χ0) is 13.3. The van der Waals surface area contributed by atoms with E-state index in [1.165, 1.54) is 0 Å². The summed E-state index contributed by atoms with van der Waals surface area (Å²) < 4.78 is 5.22. The van der Waals surface area contributed by atoms with E-state index in [9.17, 15) is 14.7 Å². The van der Waals surface area contributed by atoms with Crippen molar-refractivity contribution in [2.45, 2.75) is 6.04 Å². The van der Waals surface area contributed by atoms with Gasteiger partial charge >= 0.3 is 5.97 Å². The van der Waals surface area contributed by atoms with Crippen LogP contribution in [0.3, 0.4) is 0 Å². The molecular weight excluding hydrogens is 236 g/mol. The molecule has 2 N–H and O–H groups in total. The van der Waals surface area contributed by atoms with Gasteiger partial charge in [0.25, 0.3) is 5.91 Å². The summed E-state index contributed by atoms with van der Waals surface area (Å²) in [6, 6.07) is 4.23. The quantitative estimate of drug-likeness (QED) is 0.825. The molecule has 0 saturated heterocycles. The lowest BCUT2D eigenvalue weighted by molar-refractivity contribution is -0.142. The number of likely N-dealkylation sites (N-methyl/N-ethyl adjacent to an activating group) is 1. The number of carbonyl (C=O) groups excluding carboxylic acids is 1. The summed E-state index contributed by atoms with van der Waals surface area (Å²) in [4.78, 5) is 24.0. The third-order valence-corrected chi connectivity index (χ3v) is 2.70. The van der Waals surface area contributed by atoms with Crippen molar-refractivity contribution < 1.29 is 19.4 Å². The average Bonchev–Trinajstić information content (AvgIpc) is 2.27. The second-order valence-electron chi connectivity index (χ2n) is 4.30. The minimum absolute atomic E-state index is 0.0115. The summed E-state index contributed by atoms with van der Waals surface area (Å²) in [5.74, 6) is -0.624. The first kappa shape index (κ1) is 12.4. The minimum atomic E-state index is -0.942. The summed E-state index contributed by atoms with van der Waals surface area (Å²) in [5.41, 5.74) is 1.11. The Kier molecular flexibility index (Phi) is 3.20. The Balaban J connectivity index is 2.38. The number of carbonyl (C=O) groups is 2. The van der Waals surface area contributed by atoms with E-state index in [1.54, 1.807) is 37.2 Å². The molecule has 0 saturated carbocycles. The van der Waals surface area contributed by atoms with E-state index in [2.05, 4.69) is 5.32 Å². The summed E-state index contributed by atoms with van der Waals surface area (Å²) in [6.45, 7) is -0.0115. The number of aliphatic carboxylic acids is 1. The fraction of sp³-hybridized carbons (Fsp3) is 0.333. The summed E-state index contributed by atoms with van der Waals surface area (Å²) in [7, 11) is 3.38. The van der Waals surface area contributed by atoms with Gasteiger partial charge in [0.1, 0.15) is 11.8 Å². The summed E-state index contributed by atoms with van der Waals surface area (Å²) in [5, 5.41) is 11.9. The Hall–Kier alpha value is -2.08. The lowest BCUT2D eigenvalue weighted by Gasteiger charge is -2.23. The Morgan fingerprint density at radius 3 is 2.83 bits per heavy atom. The number of nitrogens with one attached hydrogen (secondary N) is 1. The number of hydrogen-bond donors (Lipinski definition) is 2. The smallest absolute Gasteiger partial charge is 0.325 e. The van der Waals surface area contributed by atoms with E-state index in [0.29, 0.717) is 17.0 Å². The third-order valence-electron chi connectivity index (χ3n) is 2.70. The number of nitrogens with zero attached hydrogens (tertiary/aromatic N) is 1. The first-order valence-corrected chi connectivity index (χ1v) is 5.45. The maximum atomic E-state index is 11.2. The molecule has 2 rings (SSSR count). The second kappa shape index (κ2) is 4.66. The second-order valence-corrected chi connectivity index (χ2v) is 4.30. The topological polar surface area (TPSA) is 78.9 Å². The van der Waals surface area contributed by atoms with Crippen LogP contribution in [0.2, 0.25) is 0 Å². The molecular formula is C12H14N2O4. The molecule has 1 unspecified atom stereocenters. The summed E-state index contributed by atoms with van der Waals surface area (Å²) >= 11 is 0. The Morgan fingerprint density at radius 1 is 1.50 bits per heavy atom. The van der Waals surface area contributed by atoms with Gasteiger partial charge in [0.15, 0.2) is 6.61 Å². The highest BCUT2D eigenvalue weighted by Crippen LogP contribution is 2.31. The van der Waals surface area contributed by atoms with E-state index >= 15 is 0 Å². The zero-order valence-electron chi connectivity index (χ0n) is 10.1. The van der Waals surface area contributed by atoms with E-state index in [4.69, 9.17) is 4.74 Å². The van der Waals surface area contributed by atoms with Gasteiger partial charge in [-0.05, 0) is 31.8 Å². The van der Waals surface area contributed by atoms with Crippen molar-refractivity contribution in [1.82, 2.24) is 4.90 Å². The van der Waals surface area contributed by atoms with Gasteiger partial charge in [-0.25, -0.2) is 0 Å². The maximum Gasteiger partial charge on any atom is 0.325 e. The van der Waals surface area contributed by atoms with Gasteiger partial charge in [0.2, 0.25) is 0 Å². The number of carboxylic acids is 1. The highest BCUT2D eigenvalue weighted by molar-refractivity contribution is 5.95. The highest BCUT2D eigenvalue weighted by Gasteiger charge is 2.24. The molecule has 96 valence electrons. The van der Waals surface area contributed by atoms with Crippen molar-refractivity contribution in [1.29, 1.82) is 0 Å². The summed E-state index contributed by atoms with van der Waals surface area (Å²) in [6.07, 6.45) is 0. The van der Waals surface area contributed by atoms with Crippen LogP contribution in [0, 0.1) is 0 Å². The van der Waals surface area contributed by atoms with Crippen molar-refractivity contribution in [3.05, 3.63) is 23.8 Å². The van der Waals surface area contributed by atoms with E-state index in [0.717, 1.165) is 0 Å². The van der Waals surface area contributed by atoms with Gasteiger partial charge in [0, 0.05) is 0 Å². The van der Waals surface area contributed by atoms with Crippen molar-refractivity contribution >= 4 is 17.6 Å². The van der Waals surface area contributed by atoms with Crippen molar-refractivity contribution in [3.8, 4) is 5.75 Å². The molecule has 0 spiro atoms. The predicted molar refractivity (Wildman–Crippen MR) is 64.6 cm³/mol. The number of rotatable bonds is 3. The normalized spacial score (nSPS) is 15.6. The van der Waals surface area contributed by atoms with Crippen molar-refractivity contribution in [3.63, 3.8) is 0 Å². The molecule has 1 aliphatic rings. The Labute approximate surface area is 104 Å². The number of fused-ring (bicyclic) bond motifs is 1. The fourth-order valence-corrected chi connectivity index (χ4v) is 1.93. The van der Waals surface area contributed by atoms with Gasteiger partial charge in [-0.1, -0.05) is 6.07 Å². The van der Waals surface area contributed by atoms with Crippen LogP contribution in [0.15, 0.2) is 18.2 Å². The van der Waals surface area contributed by atoms with E-state index in [1.807, 2.05) is 0 Å². The van der Waals surface area contributed by atoms with E-state index in [-0.39, 0.29) is 12.5 Å². The number of ether oxygens (including phenoxy) is 1. The molecule has 1 aliphatic heterocycles. The van der Waals surface area contributed by atoms with Crippen molar-refractivity contribution in [2.75, 3.05) is 26.0 Å². The van der Waals surface area contributed by atoms with Crippen LogP contribution in [0.25, 0.3) is 0 Å². The highest BCUT2D eigenvalue weighted by atomic mass is 16.5. The number of anilines is 1. The molecule has 1 heterocycles. The van der Waals surface area contributed by atoms with Crippen LogP contribution in [-0.2, 0) is 9.59 Å². The standard InChI is InChI=1S/C12H14N2O4/c1-14(2)11(12(16)17)7-3-4-9-8(5-7)13-10(15)6-18-9/h3-5,11H,6H2,1-2H3,(H,13,15)(H,16,17). The molecule has 0 aromatic heterocycles. The van der Waals surface area contributed by atoms with Crippen LogP contribution in [0.1, 0.15) is 11.6 Å². The lowest BCUT2D eigenvalue weighted by Crippen LogP contribution is -2.29. The monoisotopic (exact) mass is 250 g/mol. The van der Waals surface area contributed by atoms with Crippen molar-refractivity contribution in [2.24, 2.45) is 0 Å². The molecule has 1 aromatic rings. The number of hydrogen-bond acceptors (Lipinski definition) is 4. The number of carboxylic acid groups (broad SMARTS) is 1. The molecule has 0 radical (unpaired) electrons. The third kappa shape index (κ3) is 2.28. The number of amides is 1. The average molecular weight is 250 g/mol.